The first-order valence-corrected chi connectivity index (χ1v) is 8.28. The van der Waals surface area contributed by atoms with Gasteiger partial charge in [-0.25, -0.2) is 18.8 Å². The Morgan fingerprint density at radius 1 is 1.04 bits per heavy atom. The molecule has 0 heterocycles. The van der Waals surface area contributed by atoms with E-state index < -0.39 is 60.0 Å². The molecule has 1 N–H and O–H groups in total. The van der Waals surface area contributed by atoms with Crippen LogP contribution in [0.15, 0.2) is 0 Å². The van der Waals surface area contributed by atoms with Gasteiger partial charge in [0.05, 0.1) is 7.11 Å². The molecule has 150 valence electrons. The lowest BCUT2D eigenvalue weighted by Gasteiger charge is -2.33. The molecule has 0 bridgehead atoms. The highest BCUT2D eigenvalue weighted by atomic mass is 19.1. The van der Waals surface area contributed by atoms with Crippen molar-refractivity contribution >= 4 is 18.2 Å². The summed E-state index contributed by atoms with van der Waals surface area (Å²) in [7, 11) is 1.02. The van der Waals surface area contributed by atoms with E-state index in [2.05, 4.69) is 4.74 Å². The monoisotopic (exact) mass is 377 g/mol. The lowest BCUT2D eigenvalue weighted by Crippen LogP contribution is -2.57. The second-order valence-electron chi connectivity index (χ2n) is 8.26. The van der Waals surface area contributed by atoms with Gasteiger partial charge in [0.15, 0.2) is 11.2 Å². The summed E-state index contributed by atoms with van der Waals surface area (Å²) < 4.78 is 30.2. The third-order valence-corrected chi connectivity index (χ3v) is 3.72. The van der Waals surface area contributed by atoms with Crippen LogP contribution < -0.4 is 0 Å². The van der Waals surface area contributed by atoms with E-state index in [-0.39, 0.29) is 0 Å². The maximum absolute atomic E-state index is 15.2. The molecule has 0 spiro atoms. The molecule has 9 heteroatoms. The predicted molar refractivity (Wildman–Crippen MR) is 89.2 cm³/mol. The number of imide groups is 1. The third kappa shape index (κ3) is 4.44. The van der Waals surface area contributed by atoms with Crippen LogP contribution in [0, 0.1) is 0 Å². The second kappa shape index (κ2) is 7.02. The summed E-state index contributed by atoms with van der Waals surface area (Å²) in [5, 5.41) is 9.12. The summed E-state index contributed by atoms with van der Waals surface area (Å²) >= 11 is 0. The quantitative estimate of drug-likeness (QED) is 0.593. The van der Waals surface area contributed by atoms with E-state index in [1.807, 2.05) is 0 Å². The Kier molecular flexibility index (Phi) is 5.98. The number of alkyl halides is 1. The van der Waals surface area contributed by atoms with Crippen molar-refractivity contribution in [3.05, 3.63) is 0 Å². The molecule has 1 saturated carbocycles. The Labute approximate surface area is 152 Å². The normalized spacial score (nSPS) is 25.3. The lowest BCUT2D eigenvalue weighted by atomic mass is 10.1. The standard InChI is InChI=1S/C17H28FNO7/c1-14(2,3)25-12(22)19(13(23)26-15(4,5)6)17(11(21)24-7)10-16(17,18)8-9-20/h20H,8-10H2,1-7H3. The van der Waals surface area contributed by atoms with Crippen molar-refractivity contribution in [2.75, 3.05) is 13.7 Å². The molecule has 2 unspecified atom stereocenters. The Morgan fingerprint density at radius 2 is 1.46 bits per heavy atom. The summed E-state index contributed by atoms with van der Waals surface area (Å²) in [6.07, 6.45) is -3.42. The summed E-state index contributed by atoms with van der Waals surface area (Å²) in [6, 6.07) is 0. The first-order valence-electron chi connectivity index (χ1n) is 8.28. The highest BCUT2D eigenvalue weighted by Gasteiger charge is 2.80. The van der Waals surface area contributed by atoms with Crippen LogP contribution in [0.1, 0.15) is 54.4 Å². The number of nitrogens with zero attached hydrogens (tertiary/aromatic N) is 1. The maximum atomic E-state index is 15.2. The van der Waals surface area contributed by atoms with Crippen LogP contribution in [-0.2, 0) is 19.0 Å². The summed E-state index contributed by atoms with van der Waals surface area (Å²) in [6.45, 7) is 8.79. The molecule has 1 rings (SSSR count). The van der Waals surface area contributed by atoms with E-state index in [1.54, 1.807) is 41.5 Å². The number of carbonyl (C=O) groups excluding carboxylic acids is 3. The van der Waals surface area contributed by atoms with Crippen molar-refractivity contribution in [3.63, 3.8) is 0 Å². The van der Waals surface area contributed by atoms with E-state index >= 15 is 4.39 Å². The maximum Gasteiger partial charge on any atom is 0.420 e. The number of carbonyl (C=O) groups is 3. The van der Waals surface area contributed by atoms with Gasteiger partial charge in [-0.1, -0.05) is 0 Å². The lowest BCUT2D eigenvalue weighted by molar-refractivity contribution is -0.150. The zero-order valence-corrected chi connectivity index (χ0v) is 16.3. The molecule has 1 fully saturated rings. The van der Waals surface area contributed by atoms with Crippen molar-refractivity contribution in [2.24, 2.45) is 0 Å². The minimum absolute atomic E-state index is 0.338. The van der Waals surface area contributed by atoms with Gasteiger partial charge in [-0.15, -0.1) is 0 Å². The first kappa shape index (κ1) is 22.1. The molecule has 26 heavy (non-hydrogen) atoms. The Bertz CT molecular complexity index is 553. The number of methoxy groups -OCH3 is 1. The molecule has 0 radical (unpaired) electrons. The fourth-order valence-corrected chi connectivity index (χ4v) is 2.63. The number of esters is 1. The molecular formula is C17H28FNO7. The van der Waals surface area contributed by atoms with Crippen LogP contribution in [0.2, 0.25) is 0 Å². The number of aliphatic hydroxyl groups excluding tert-OH is 1. The average Bonchev–Trinajstić information content (AvgIpc) is 3.00. The molecule has 1 aliphatic rings. The Hall–Kier alpha value is -1.90. The topological polar surface area (TPSA) is 102 Å². The zero-order chi connectivity index (χ0) is 20.6. The van der Waals surface area contributed by atoms with E-state index in [0.29, 0.717) is 4.90 Å². The van der Waals surface area contributed by atoms with Crippen molar-refractivity contribution in [1.29, 1.82) is 0 Å². The Morgan fingerprint density at radius 3 is 1.77 bits per heavy atom. The van der Waals surface area contributed by atoms with E-state index in [0.717, 1.165) is 7.11 Å². The zero-order valence-electron chi connectivity index (χ0n) is 16.3. The molecule has 2 atom stereocenters. The van der Waals surface area contributed by atoms with Gasteiger partial charge in [-0.3, -0.25) is 0 Å². The summed E-state index contributed by atoms with van der Waals surface area (Å²) in [4.78, 5) is 38.0. The van der Waals surface area contributed by atoms with Gasteiger partial charge in [0.25, 0.3) is 0 Å². The van der Waals surface area contributed by atoms with Crippen LogP contribution in [0.25, 0.3) is 0 Å². The number of amides is 2. The van der Waals surface area contributed by atoms with Gasteiger partial charge in [0.2, 0.25) is 0 Å². The van der Waals surface area contributed by atoms with Crippen molar-refractivity contribution in [2.45, 2.75) is 76.8 Å². The minimum atomic E-state index is -2.33. The van der Waals surface area contributed by atoms with Gasteiger partial charge < -0.3 is 19.3 Å². The third-order valence-electron chi connectivity index (χ3n) is 3.72. The fraction of sp³-hybridized carbons (Fsp3) is 0.824. The SMILES string of the molecule is COC(=O)C1(N(C(=O)OC(C)(C)C)C(=O)OC(C)(C)C)CC1(F)CCO. The number of aliphatic hydroxyl groups is 1. The van der Waals surface area contributed by atoms with Crippen molar-refractivity contribution in [3.8, 4) is 0 Å². The number of ether oxygens (including phenoxy) is 3. The number of rotatable bonds is 4. The summed E-state index contributed by atoms with van der Waals surface area (Å²) in [5.41, 5.74) is -6.57. The van der Waals surface area contributed by atoms with Gasteiger partial charge >= 0.3 is 18.2 Å². The number of hydrogen-bond donors (Lipinski definition) is 1. The summed E-state index contributed by atoms with van der Waals surface area (Å²) in [5.74, 6) is -1.12. The smallest absolute Gasteiger partial charge is 0.420 e. The molecule has 2 amide bonds. The van der Waals surface area contributed by atoms with Crippen LogP contribution in [0.4, 0.5) is 14.0 Å². The van der Waals surface area contributed by atoms with Crippen LogP contribution in [0.3, 0.4) is 0 Å². The van der Waals surface area contributed by atoms with Crippen LogP contribution >= 0.6 is 0 Å². The molecule has 8 nitrogen and oxygen atoms in total. The van der Waals surface area contributed by atoms with E-state index in [1.165, 1.54) is 0 Å². The van der Waals surface area contributed by atoms with E-state index in [4.69, 9.17) is 14.6 Å². The fourth-order valence-electron chi connectivity index (χ4n) is 2.63. The largest absolute Gasteiger partial charge is 0.467 e. The minimum Gasteiger partial charge on any atom is -0.467 e. The van der Waals surface area contributed by atoms with E-state index in [9.17, 15) is 14.4 Å². The Balaban J connectivity index is 3.39. The van der Waals surface area contributed by atoms with Crippen molar-refractivity contribution < 1.29 is 38.1 Å². The van der Waals surface area contributed by atoms with Crippen LogP contribution in [-0.4, -0.2) is 64.3 Å². The average molecular weight is 377 g/mol. The predicted octanol–water partition coefficient (Wildman–Crippen LogP) is 2.56. The van der Waals surface area contributed by atoms with Gasteiger partial charge in [-0.05, 0) is 41.5 Å². The van der Waals surface area contributed by atoms with Gasteiger partial charge in [-0.2, -0.15) is 4.90 Å². The molecule has 0 saturated heterocycles. The molecule has 0 aromatic heterocycles. The van der Waals surface area contributed by atoms with Gasteiger partial charge in [0.1, 0.15) is 11.2 Å². The number of halogens is 1. The second-order valence-corrected chi connectivity index (χ2v) is 8.26. The highest BCUT2D eigenvalue weighted by molar-refractivity contribution is 6.00. The number of hydrogen-bond acceptors (Lipinski definition) is 7. The molecule has 0 aromatic rings. The first-order chi connectivity index (χ1) is 11.6. The van der Waals surface area contributed by atoms with Crippen LogP contribution in [0.5, 0.6) is 0 Å². The highest BCUT2D eigenvalue weighted by Crippen LogP contribution is 2.58. The molecule has 1 aliphatic carbocycles. The molecule has 0 aliphatic heterocycles. The van der Waals surface area contributed by atoms with Crippen molar-refractivity contribution in [1.82, 2.24) is 4.90 Å². The molecule has 0 aromatic carbocycles. The molecular weight excluding hydrogens is 349 g/mol. The van der Waals surface area contributed by atoms with Gasteiger partial charge in [0, 0.05) is 19.4 Å².